The van der Waals surface area contributed by atoms with Gasteiger partial charge >= 0.3 is 6.09 Å². The van der Waals surface area contributed by atoms with Crippen LogP contribution in [0.5, 0.6) is 0 Å². The summed E-state index contributed by atoms with van der Waals surface area (Å²) in [5, 5.41) is 12.9. The third-order valence-electron chi connectivity index (χ3n) is 4.26. The van der Waals surface area contributed by atoms with Gasteiger partial charge in [-0.1, -0.05) is 30.3 Å². The van der Waals surface area contributed by atoms with Gasteiger partial charge in [-0.15, -0.1) is 0 Å². The van der Waals surface area contributed by atoms with E-state index in [1.54, 1.807) is 0 Å². The molecule has 0 saturated heterocycles. The monoisotopic (exact) mass is 291 g/mol. The number of amides is 1. The maximum atomic E-state index is 11.8. The molecule has 21 heavy (non-hydrogen) atoms. The predicted octanol–water partition coefficient (Wildman–Crippen LogP) is 3.24. The van der Waals surface area contributed by atoms with E-state index in [1.165, 1.54) is 0 Å². The first-order valence-electron chi connectivity index (χ1n) is 7.65. The number of hydrogen-bond donors (Lipinski definition) is 2. The van der Waals surface area contributed by atoms with Gasteiger partial charge in [0.15, 0.2) is 0 Å². The van der Waals surface area contributed by atoms with Crippen molar-refractivity contribution in [3.05, 3.63) is 35.9 Å². The van der Waals surface area contributed by atoms with E-state index in [0.29, 0.717) is 12.5 Å². The summed E-state index contributed by atoms with van der Waals surface area (Å²) in [7, 11) is 0. The fourth-order valence-corrected chi connectivity index (χ4v) is 2.88. The Balaban J connectivity index is 1.70. The normalized spacial score (nSPS) is 22.6. The molecule has 0 heterocycles. The van der Waals surface area contributed by atoms with E-state index >= 15 is 0 Å². The van der Waals surface area contributed by atoms with Crippen molar-refractivity contribution in [1.82, 2.24) is 5.32 Å². The Morgan fingerprint density at radius 2 is 1.86 bits per heavy atom. The molecule has 0 aliphatic heterocycles. The molecule has 4 nitrogen and oxygen atoms in total. The number of carbonyl (C=O) groups is 1. The minimum Gasteiger partial charge on any atom is -0.445 e. The van der Waals surface area contributed by atoms with Gasteiger partial charge < -0.3 is 15.2 Å². The largest absolute Gasteiger partial charge is 0.445 e. The Bertz CT molecular complexity index is 445. The summed E-state index contributed by atoms with van der Waals surface area (Å²) in [4.78, 5) is 11.8. The number of alkyl carbamates (subject to hydrolysis) is 1. The molecule has 0 aromatic heterocycles. The van der Waals surface area contributed by atoms with Crippen LogP contribution in [0.2, 0.25) is 0 Å². The summed E-state index contributed by atoms with van der Waals surface area (Å²) in [6.07, 6.45) is 3.32. The molecule has 1 aliphatic rings. The Kier molecular flexibility index (Phi) is 5.23. The minimum absolute atomic E-state index is 0.159. The Morgan fingerprint density at radius 3 is 2.43 bits per heavy atom. The zero-order chi connectivity index (χ0) is 15.3. The number of hydrogen-bond acceptors (Lipinski definition) is 3. The van der Waals surface area contributed by atoms with Crippen molar-refractivity contribution >= 4 is 6.09 Å². The smallest absolute Gasteiger partial charge is 0.407 e. The highest BCUT2D eigenvalue weighted by atomic mass is 16.5. The van der Waals surface area contributed by atoms with Gasteiger partial charge in [-0.25, -0.2) is 4.79 Å². The predicted molar refractivity (Wildman–Crippen MR) is 81.8 cm³/mol. The number of ether oxygens (including phenoxy) is 1. The third-order valence-corrected chi connectivity index (χ3v) is 4.26. The van der Waals surface area contributed by atoms with Gasteiger partial charge in [0.1, 0.15) is 6.61 Å². The maximum absolute atomic E-state index is 11.8. The molecule has 0 atom stereocenters. The third kappa shape index (κ3) is 5.05. The molecule has 1 amide bonds. The van der Waals surface area contributed by atoms with Crippen molar-refractivity contribution in [2.24, 2.45) is 5.92 Å². The topological polar surface area (TPSA) is 58.6 Å². The number of aliphatic hydroxyl groups is 1. The Labute approximate surface area is 126 Å². The molecule has 4 heteroatoms. The average molecular weight is 291 g/mol. The second kappa shape index (κ2) is 6.94. The maximum Gasteiger partial charge on any atom is 0.407 e. The van der Waals surface area contributed by atoms with Crippen molar-refractivity contribution in [2.45, 2.75) is 57.8 Å². The van der Waals surface area contributed by atoms with Crippen molar-refractivity contribution in [1.29, 1.82) is 0 Å². The molecule has 1 aliphatic carbocycles. The summed E-state index contributed by atoms with van der Waals surface area (Å²) in [5.41, 5.74) is 0.358. The summed E-state index contributed by atoms with van der Waals surface area (Å²) in [6, 6.07) is 9.81. The van der Waals surface area contributed by atoms with Crippen LogP contribution in [0.3, 0.4) is 0 Å². The number of carbonyl (C=O) groups excluding carboxylic acids is 1. The lowest BCUT2D eigenvalue weighted by Crippen LogP contribution is -2.41. The standard InChI is InChI=1S/C17H25NO3/c1-17(2,20)14-8-10-15(11-9-14)18-16(19)21-12-13-6-4-3-5-7-13/h3-7,14-15,20H,8-12H2,1-2H3,(H,18,19). The van der Waals surface area contributed by atoms with E-state index in [2.05, 4.69) is 5.32 Å². The molecule has 2 N–H and O–H groups in total. The van der Waals surface area contributed by atoms with Crippen LogP contribution in [-0.2, 0) is 11.3 Å². The lowest BCUT2D eigenvalue weighted by atomic mass is 9.77. The van der Waals surface area contributed by atoms with Crippen molar-refractivity contribution in [2.75, 3.05) is 0 Å². The van der Waals surface area contributed by atoms with Gasteiger partial charge in [-0.3, -0.25) is 0 Å². The van der Waals surface area contributed by atoms with Crippen LogP contribution in [0, 0.1) is 5.92 Å². The Hall–Kier alpha value is -1.55. The zero-order valence-corrected chi connectivity index (χ0v) is 12.8. The number of rotatable bonds is 4. The molecule has 1 saturated carbocycles. The first-order chi connectivity index (χ1) is 9.95. The zero-order valence-electron chi connectivity index (χ0n) is 12.8. The highest BCUT2D eigenvalue weighted by molar-refractivity contribution is 5.67. The second-order valence-electron chi connectivity index (χ2n) is 6.41. The van der Waals surface area contributed by atoms with Crippen molar-refractivity contribution in [3.8, 4) is 0 Å². The summed E-state index contributed by atoms with van der Waals surface area (Å²) in [6.45, 7) is 4.02. The van der Waals surface area contributed by atoms with Crippen molar-refractivity contribution in [3.63, 3.8) is 0 Å². The molecular weight excluding hydrogens is 266 g/mol. The van der Waals surface area contributed by atoms with Crippen LogP contribution in [-0.4, -0.2) is 22.8 Å². The van der Waals surface area contributed by atoms with E-state index in [9.17, 15) is 9.90 Å². The Morgan fingerprint density at radius 1 is 1.24 bits per heavy atom. The van der Waals surface area contributed by atoms with Gasteiger partial charge in [0.2, 0.25) is 0 Å². The van der Waals surface area contributed by atoms with Gasteiger partial charge in [0, 0.05) is 6.04 Å². The van der Waals surface area contributed by atoms with E-state index in [0.717, 1.165) is 31.2 Å². The van der Waals surface area contributed by atoms with Gasteiger partial charge in [-0.05, 0) is 51.0 Å². The summed E-state index contributed by atoms with van der Waals surface area (Å²) >= 11 is 0. The van der Waals surface area contributed by atoms with Crippen LogP contribution in [0.1, 0.15) is 45.1 Å². The molecule has 2 rings (SSSR count). The molecule has 0 radical (unpaired) electrons. The van der Waals surface area contributed by atoms with E-state index < -0.39 is 5.60 Å². The fraction of sp³-hybridized carbons (Fsp3) is 0.588. The highest BCUT2D eigenvalue weighted by Gasteiger charge is 2.31. The quantitative estimate of drug-likeness (QED) is 0.895. The fourth-order valence-electron chi connectivity index (χ4n) is 2.88. The van der Waals surface area contributed by atoms with Gasteiger partial charge in [0.25, 0.3) is 0 Å². The van der Waals surface area contributed by atoms with Crippen LogP contribution >= 0.6 is 0 Å². The molecule has 1 aromatic rings. The summed E-state index contributed by atoms with van der Waals surface area (Å²) < 4.78 is 5.23. The molecule has 0 unspecified atom stereocenters. The van der Waals surface area contributed by atoms with Crippen LogP contribution in [0.25, 0.3) is 0 Å². The first kappa shape index (κ1) is 15.8. The second-order valence-corrected chi connectivity index (χ2v) is 6.41. The van der Waals surface area contributed by atoms with Crippen molar-refractivity contribution < 1.29 is 14.6 Å². The lowest BCUT2D eigenvalue weighted by Gasteiger charge is -2.35. The van der Waals surface area contributed by atoms with Crippen LogP contribution in [0.4, 0.5) is 4.79 Å². The first-order valence-corrected chi connectivity index (χ1v) is 7.65. The number of benzene rings is 1. The highest BCUT2D eigenvalue weighted by Crippen LogP contribution is 2.32. The van der Waals surface area contributed by atoms with E-state index in [1.807, 2.05) is 44.2 Å². The molecule has 116 valence electrons. The molecule has 1 fully saturated rings. The lowest BCUT2D eigenvalue weighted by molar-refractivity contribution is -0.00284. The van der Waals surface area contributed by atoms with E-state index in [-0.39, 0.29) is 12.1 Å². The molecule has 0 bridgehead atoms. The number of nitrogens with one attached hydrogen (secondary N) is 1. The van der Waals surface area contributed by atoms with Gasteiger partial charge in [-0.2, -0.15) is 0 Å². The van der Waals surface area contributed by atoms with Crippen LogP contribution < -0.4 is 5.32 Å². The van der Waals surface area contributed by atoms with Crippen LogP contribution in [0.15, 0.2) is 30.3 Å². The average Bonchev–Trinajstić information content (AvgIpc) is 2.46. The van der Waals surface area contributed by atoms with E-state index in [4.69, 9.17) is 4.74 Å². The summed E-state index contributed by atoms with van der Waals surface area (Å²) in [5.74, 6) is 0.316. The SMILES string of the molecule is CC(C)(O)C1CCC(NC(=O)OCc2ccccc2)CC1. The molecular formula is C17H25NO3. The van der Waals surface area contributed by atoms with Gasteiger partial charge in [0.05, 0.1) is 5.60 Å². The minimum atomic E-state index is -0.626. The molecule has 0 spiro atoms. The molecule has 1 aromatic carbocycles.